The third kappa shape index (κ3) is 258. The standard InChI is InChI=1S/C9H15B.3C3H6.5C2H6.CB50.5CH4.50Y/c1-3-7-10-8-4-2-6-9(10)5-1;3*1-3-2;5*1-2;2-30-42(24)46(50(38(16)17)39(18)19)28-1(26-44(33(6)7)48(31-3)35(10)11,27-45(34(8)9)49(36(12)13)37(14)15)29-47(43(25)32(4)5)51(40(20)21)41(22)23;;;;;;;;;;;;;;;;;;;;;;;;;;;;;;;;;;;;;;;;;;;;;;;;;;;;;;;/h7-9H,1-6H2;3*1-3H2;5*1-2H3;;5*1H4;;;;;;;;;;;;;;;;;;;;;;;;;;;;;;;;;;;;;;;;;;;;;;;;;;/q4*-2;;;;;;;;;;;;;;;;;;;;;;;;;;;;;;;;;;;;;;;;;;;;;;;;;;;;;;;;;;;;;. The molecule has 104 radical (unpaired) electrons. The molecule has 0 aromatic rings. The average molecular weight is 5490 g/mol. The van der Waals surface area contributed by atoms with Gasteiger partial charge in [-0.05, 0) is 0 Å². The maximum Gasteiger partial charge on any atom is 0.0319 e. The number of rotatable bonds is 26. The van der Waals surface area contributed by atoms with E-state index in [1.165, 1.54) is 52.6 Å². The van der Waals surface area contributed by atoms with Crippen molar-refractivity contribution >= 4 is 363 Å². The minimum Gasteiger partial charge on any atom is -0.377 e. The van der Waals surface area contributed by atoms with Gasteiger partial charge in [-0.25, -0.2) is 6.71 Å². The van der Waals surface area contributed by atoms with E-state index in [4.69, 9.17) is 186 Å². The molecule has 530 valence electrons. The van der Waals surface area contributed by atoms with Crippen molar-refractivity contribution in [3.8, 4) is 0 Å². The molecule has 2 saturated heterocycles. The van der Waals surface area contributed by atoms with Gasteiger partial charge in [0.05, 0.1) is 0 Å². The Labute approximate surface area is 2160 Å². The van der Waals surface area contributed by atoms with Crippen molar-refractivity contribution < 1.29 is 1640 Å². The maximum absolute atomic E-state index is 6.67. The molecule has 0 amide bonds. The molecular weight excluding hydrogens is 5410 g/mol. The Hall–Kier alpha value is 58.5. The van der Waals surface area contributed by atoms with E-state index in [0.29, 0.717) is 0 Å². The molecule has 0 nitrogen and oxygen atoms in total. The van der Waals surface area contributed by atoms with E-state index >= 15 is 0 Å². The van der Waals surface area contributed by atoms with E-state index in [1.807, 2.05) is 69.2 Å². The second-order valence-electron chi connectivity index (χ2n) is 18.3. The molecule has 0 aliphatic carbocycles. The van der Waals surface area contributed by atoms with Crippen LogP contribution in [0.3, 0.4) is 0 Å². The molecule has 2 heterocycles. The molecule has 0 bridgehead atoms. The first kappa shape index (κ1) is 421. The van der Waals surface area contributed by atoms with Crippen LogP contribution in [-0.4, -0.2) is 363 Å². The summed E-state index contributed by atoms with van der Waals surface area (Å²) in [6.45, 7) is 41.2. The summed E-state index contributed by atoms with van der Waals surface area (Å²) in [5, 5.41) is -1.70. The van der Waals surface area contributed by atoms with E-state index in [9.17, 15) is 0 Å². The van der Waals surface area contributed by atoms with Crippen LogP contribution in [0.5, 0.6) is 0 Å². The Morgan fingerprint density at radius 3 is 0.541 bits per heavy atom. The van der Waals surface area contributed by atoms with Gasteiger partial charge >= 0.3 is 0 Å². The van der Waals surface area contributed by atoms with Gasteiger partial charge in [0, 0.05) is 1990 Å². The Kier molecular flexibility index (Phi) is 1010. The van der Waals surface area contributed by atoms with Crippen LogP contribution >= 0.6 is 0 Å². The molecule has 0 aromatic carbocycles. The second-order valence-corrected chi connectivity index (χ2v) is 18.3. The zero-order valence-electron chi connectivity index (χ0n) is 81.2. The molecule has 1 unspecified atom stereocenters. The quantitative estimate of drug-likeness (QED) is 0.0605. The Bertz CT molecular complexity index is 1290. The topological polar surface area (TPSA) is 0 Å². The fourth-order valence-electron chi connectivity index (χ4n) is 9.18. The monoisotopic (exact) mass is 5500 g/mol. The van der Waals surface area contributed by atoms with E-state index in [0.717, 1.165) is 31.8 Å². The first-order valence-electron chi connectivity index (χ1n) is 29.1. The Morgan fingerprint density at radius 2 is 0.393 bits per heavy atom. The number of hydrogen-bond acceptors (Lipinski definition) is 0. The summed E-state index contributed by atoms with van der Waals surface area (Å²) >= 11 is 0. The SMILES string of the molecule is C.C.C.C.C.CC.CC.CC.CC.CC.[B][B]B([B])B([B]C([B]B(B([B])[B])B([B][B])B([B])[B])([B]B(B([B])[B])B(B([B])[B])B([B])[B])[B]B(B([B])B([B])[B])B(B([B])[B])B([B])[B])B(B([B])[B])B([B])[B].[CH-]1CCCC2CCC[CH-]B12.[CH2-]C[CH2-].[CH2-]C[CH2-].[CH2-]C[CH2-].[Y].[Y].[Y].[Y].[Y].[Y].[Y].[Y].[Y].[Y].[Y].[Y].[Y].[Y].[Y].[Y].[Y].[Y].[Y].[Y].[Y].[Y].[Y].[Y].[Y].[Y].[Y].[Y].[Y].[Y].[Y].[Y].[Y].[Y].[Y].[Y].[Y].[Y].[Y].[Y].[Y].[Y].[Y].[Y].[Y].[Y].[Y].[Y].[Y].[Y]. The first-order valence-corrected chi connectivity index (χ1v) is 29.1. The van der Waals surface area contributed by atoms with Gasteiger partial charge in [0.25, 0.3) is 0 Å². The number of hydrogen-bond donors (Lipinski definition) is 0. The van der Waals surface area contributed by atoms with Crippen molar-refractivity contribution in [3.63, 3.8) is 0 Å². The number of fused-ring (bicyclic) bond motifs is 1. The molecule has 2 fully saturated rings. The fraction of sp³-hybridized carbons (Fsp3) is 0.765. The maximum atomic E-state index is 6.67. The van der Waals surface area contributed by atoms with Gasteiger partial charge in [0.15, 0.2) is 0 Å². The van der Waals surface area contributed by atoms with Gasteiger partial charge in [-0.15, -0.1) is 5.82 Å². The molecule has 0 saturated carbocycles. The molecule has 2 rings (SSSR count). The van der Waals surface area contributed by atoms with Crippen LogP contribution in [0.25, 0.3) is 0 Å². The van der Waals surface area contributed by atoms with Crippen LogP contribution in [0.2, 0.25) is 10.8 Å². The van der Waals surface area contributed by atoms with E-state index in [-0.39, 0.29) is 1670 Å². The van der Waals surface area contributed by atoms with Crippen molar-refractivity contribution in [2.75, 3.05) is 0 Å². The third-order valence-electron chi connectivity index (χ3n) is 12.5. The van der Waals surface area contributed by atoms with Crippen molar-refractivity contribution in [2.24, 2.45) is 0 Å². The van der Waals surface area contributed by atoms with E-state index in [2.05, 4.69) is 54.2 Å². The molecule has 0 spiro atoms. The largest absolute Gasteiger partial charge is 0.377 e. The Morgan fingerprint density at radius 1 is 0.237 bits per heavy atom. The average Bonchev–Trinajstić information content (AvgIpc) is 3.40. The molecule has 0 aromatic heterocycles. The second kappa shape index (κ2) is 324. The molecular formula is C34H83B51Y50-8. The van der Waals surface area contributed by atoms with Gasteiger partial charge in [-0.1, -0.05) is 132 Å². The van der Waals surface area contributed by atoms with E-state index in [1.54, 1.807) is 28.7 Å². The predicted octanol–water partition coefficient (Wildman–Crippen LogP) is -4.80. The van der Waals surface area contributed by atoms with Gasteiger partial charge in [0.1, 0.15) is 0 Å². The third-order valence-corrected chi connectivity index (χ3v) is 12.5. The summed E-state index contributed by atoms with van der Waals surface area (Å²) in [5.74, 6) is 1.04. The summed E-state index contributed by atoms with van der Waals surface area (Å²) in [6, 6.07) is 0. The van der Waals surface area contributed by atoms with Crippen molar-refractivity contribution in [2.45, 2.75) is 175 Å². The van der Waals surface area contributed by atoms with Crippen molar-refractivity contribution in [3.05, 3.63) is 54.2 Å². The summed E-state index contributed by atoms with van der Waals surface area (Å²) in [6.07, 6.45) is -5.71. The van der Waals surface area contributed by atoms with Crippen LogP contribution < -0.4 is 0 Å². The summed E-state index contributed by atoms with van der Waals surface area (Å²) < 4.78 is 0. The van der Waals surface area contributed by atoms with Crippen LogP contribution in [0.4, 0.5) is 0 Å². The van der Waals surface area contributed by atoms with E-state index < -0.39 is 133 Å². The first-order chi connectivity index (χ1) is 37.5. The summed E-state index contributed by atoms with van der Waals surface area (Å²) in [4.78, 5) is 0. The molecule has 135 heavy (non-hydrogen) atoms. The molecule has 2 aliphatic heterocycles. The molecule has 0 N–H and O–H groups in total. The van der Waals surface area contributed by atoms with Gasteiger partial charge in [0.2, 0.25) is 0 Å². The zero-order chi connectivity index (χ0) is 65.2. The van der Waals surface area contributed by atoms with Crippen LogP contribution in [-0.2, 0) is 1640 Å². The fourth-order valence-corrected chi connectivity index (χ4v) is 9.18. The van der Waals surface area contributed by atoms with Crippen LogP contribution in [0.15, 0.2) is 0 Å². The molecule has 2 aliphatic rings. The molecule has 101 heteroatoms. The minimum atomic E-state index is -1.70. The zero-order valence-corrected chi connectivity index (χ0v) is 223. The predicted molar refractivity (Wildman–Crippen MR) is 473 cm³/mol. The van der Waals surface area contributed by atoms with Crippen molar-refractivity contribution in [1.82, 2.24) is 0 Å². The van der Waals surface area contributed by atoms with Crippen molar-refractivity contribution in [1.29, 1.82) is 0 Å². The van der Waals surface area contributed by atoms with Gasteiger partial charge < -0.3 is 73.4 Å². The minimum absolute atomic E-state index is 0. The normalized spacial score (nSPS) is 6.80. The van der Waals surface area contributed by atoms with Crippen LogP contribution in [0.1, 0.15) is 164 Å². The van der Waals surface area contributed by atoms with Gasteiger partial charge in [-0.2, -0.15) is 17.9 Å². The molecule has 1 atom stereocenters. The Balaban J connectivity index is -0.00000000904. The van der Waals surface area contributed by atoms with Crippen LogP contribution in [0, 0.1) is 54.2 Å². The van der Waals surface area contributed by atoms with Gasteiger partial charge in [-0.3, -0.25) is 0 Å². The summed E-state index contributed by atoms with van der Waals surface area (Å²) in [5.41, 5.74) is 0. The smallest absolute Gasteiger partial charge is 0.0319 e. The summed E-state index contributed by atoms with van der Waals surface area (Å²) in [7, 11) is 159.